The highest BCUT2D eigenvalue weighted by molar-refractivity contribution is 7.32. The monoisotopic (exact) mass is 552 g/mol. The van der Waals surface area contributed by atoms with Crippen LogP contribution in [0.3, 0.4) is 0 Å². The molecule has 5 nitrogen and oxygen atoms in total. The van der Waals surface area contributed by atoms with E-state index in [-0.39, 0.29) is 18.1 Å². The predicted octanol–water partition coefficient (Wildman–Crippen LogP) is 8.28. The first-order valence-electron chi connectivity index (χ1n) is 11.7. The van der Waals surface area contributed by atoms with Gasteiger partial charge in [-0.05, 0) is 72.8 Å². The molecule has 0 aliphatic rings. The van der Waals surface area contributed by atoms with Crippen LogP contribution in [0.4, 0.5) is 10.1 Å². The molecular formula is C28H25FN2O3S3. The highest BCUT2D eigenvalue weighted by Crippen LogP contribution is 2.46. The van der Waals surface area contributed by atoms with Gasteiger partial charge < -0.3 is 15.2 Å². The van der Waals surface area contributed by atoms with Gasteiger partial charge in [-0.2, -0.15) is 4.37 Å². The number of ether oxygens (including phenoxy) is 1. The van der Waals surface area contributed by atoms with Gasteiger partial charge in [-0.1, -0.05) is 36.4 Å². The molecule has 37 heavy (non-hydrogen) atoms. The summed E-state index contributed by atoms with van der Waals surface area (Å²) in [6.07, 6.45) is -0.350. The Labute approximate surface area is 226 Å². The molecule has 190 valence electrons. The number of nitrogens with zero attached hydrogens (tertiary/aromatic N) is 1. The number of fused-ring (bicyclic) bond motifs is 1. The van der Waals surface area contributed by atoms with E-state index in [1.807, 2.05) is 39.0 Å². The molecule has 0 saturated carbocycles. The van der Waals surface area contributed by atoms with Crippen LogP contribution in [-0.4, -0.2) is 22.2 Å². The molecule has 1 atom stereocenters. The Balaban J connectivity index is 1.35. The van der Waals surface area contributed by atoms with Crippen LogP contribution in [0.1, 0.15) is 35.4 Å². The van der Waals surface area contributed by atoms with Crippen molar-refractivity contribution in [2.24, 2.45) is 0 Å². The standard InChI is InChI=1S/C28H25FN2O3S3/c1-15-9-19(10-26(32)33)21(29)11-20(15)22-12-23-24(35-22)13-25(36-23)28-27(16(2)31-37-28)30-14-34-17(3)18-7-5-4-6-8-18/h4-9,11-13,17,30H,10,14H2,1-3H3,(H,32,33). The van der Waals surface area contributed by atoms with E-state index >= 15 is 0 Å². The van der Waals surface area contributed by atoms with Crippen molar-refractivity contribution >= 4 is 55.3 Å². The number of anilines is 1. The minimum absolute atomic E-state index is 0.0268. The number of thiophene rings is 2. The van der Waals surface area contributed by atoms with E-state index in [0.717, 1.165) is 52.1 Å². The van der Waals surface area contributed by atoms with Crippen LogP contribution in [0.15, 0.2) is 54.6 Å². The maximum absolute atomic E-state index is 14.6. The molecule has 0 radical (unpaired) electrons. The smallest absolute Gasteiger partial charge is 0.307 e. The highest BCUT2D eigenvalue weighted by Gasteiger charge is 2.19. The first-order chi connectivity index (χ1) is 17.8. The Morgan fingerprint density at radius 3 is 2.51 bits per heavy atom. The quantitative estimate of drug-likeness (QED) is 0.180. The number of carboxylic acids is 1. The Kier molecular flexibility index (Phi) is 7.39. The van der Waals surface area contributed by atoms with Gasteiger partial charge in [-0.25, -0.2) is 4.39 Å². The number of aromatic nitrogens is 1. The van der Waals surface area contributed by atoms with Crippen molar-refractivity contribution in [2.45, 2.75) is 33.3 Å². The van der Waals surface area contributed by atoms with Crippen LogP contribution in [0.25, 0.3) is 29.6 Å². The van der Waals surface area contributed by atoms with Crippen molar-refractivity contribution in [3.05, 3.63) is 82.8 Å². The Morgan fingerprint density at radius 1 is 1.08 bits per heavy atom. The summed E-state index contributed by atoms with van der Waals surface area (Å²) in [6.45, 7) is 6.28. The second kappa shape index (κ2) is 10.7. The van der Waals surface area contributed by atoms with Crippen LogP contribution >= 0.6 is 34.2 Å². The summed E-state index contributed by atoms with van der Waals surface area (Å²) in [6, 6.07) is 17.4. The van der Waals surface area contributed by atoms with E-state index in [9.17, 15) is 9.18 Å². The van der Waals surface area contributed by atoms with Crippen molar-refractivity contribution in [3.63, 3.8) is 0 Å². The van der Waals surface area contributed by atoms with Crippen LogP contribution in [0, 0.1) is 19.7 Å². The van der Waals surface area contributed by atoms with E-state index in [4.69, 9.17) is 9.84 Å². The molecule has 1 unspecified atom stereocenters. The predicted molar refractivity (Wildman–Crippen MR) is 151 cm³/mol. The SMILES string of the molecule is Cc1cc(CC(=O)O)c(F)cc1-c1cc2sc(-c3snc(C)c3NCOC(C)c3ccccc3)cc2s1. The summed E-state index contributed by atoms with van der Waals surface area (Å²) < 4.78 is 27.4. The molecule has 5 rings (SSSR count). The summed E-state index contributed by atoms with van der Waals surface area (Å²) in [4.78, 5) is 14.2. The Hall–Kier alpha value is -3.11. The molecule has 0 aliphatic carbocycles. The van der Waals surface area contributed by atoms with Gasteiger partial charge in [0.2, 0.25) is 0 Å². The number of carboxylic acid groups (broad SMARTS) is 1. The molecule has 0 bridgehead atoms. The summed E-state index contributed by atoms with van der Waals surface area (Å²) in [5.41, 5.74) is 4.90. The topological polar surface area (TPSA) is 71.5 Å². The normalized spacial score (nSPS) is 12.2. The molecule has 2 aromatic carbocycles. The zero-order valence-electron chi connectivity index (χ0n) is 20.5. The van der Waals surface area contributed by atoms with E-state index in [1.165, 1.54) is 17.6 Å². The van der Waals surface area contributed by atoms with Crippen molar-refractivity contribution in [1.82, 2.24) is 4.37 Å². The number of aryl methyl sites for hydroxylation is 2. The summed E-state index contributed by atoms with van der Waals surface area (Å²) in [5.74, 6) is -1.53. The Bertz CT molecular complexity index is 1540. The van der Waals surface area contributed by atoms with Gasteiger partial charge in [0.15, 0.2) is 0 Å². The lowest BCUT2D eigenvalue weighted by Crippen LogP contribution is -2.10. The summed E-state index contributed by atoms with van der Waals surface area (Å²) >= 11 is 4.75. The zero-order valence-corrected chi connectivity index (χ0v) is 23.0. The third-order valence-corrected chi connectivity index (χ3v) is 9.59. The third-order valence-electron chi connectivity index (χ3n) is 6.15. The average molecular weight is 553 g/mol. The lowest BCUT2D eigenvalue weighted by molar-refractivity contribution is -0.136. The second-order valence-electron chi connectivity index (χ2n) is 8.79. The summed E-state index contributed by atoms with van der Waals surface area (Å²) in [5, 5.41) is 12.4. The minimum Gasteiger partial charge on any atom is -0.481 e. The number of nitrogens with one attached hydrogen (secondary N) is 1. The van der Waals surface area contributed by atoms with Crippen molar-refractivity contribution in [3.8, 4) is 20.2 Å². The molecule has 0 spiro atoms. The number of hydrogen-bond acceptors (Lipinski definition) is 7. The van der Waals surface area contributed by atoms with Crippen LogP contribution in [-0.2, 0) is 16.0 Å². The molecule has 9 heteroatoms. The van der Waals surface area contributed by atoms with Gasteiger partial charge in [0.1, 0.15) is 12.5 Å². The molecule has 0 amide bonds. The number of aliphatic carboxylic acids is 1. The van der Waals surface area contributed by atoms with Crippen molar-refractivity contribution in [1.29, 1.82) is 0 Å². The first kappa shape index (κ1) is 25.5. The number of benzene rings is 2. The summed E-state index contributed by atoms with van der Waals surface area (Å²) in [7, 11) is 0. The lowest BCUT2D eigenvalue weighted by Gasteiger charge is -2.15. The molecule has 3 aromatic heterocycles. The van der Waals surface area contributed by atoms with E-state index < -0.39 is 11.8 Å². The maximum atomic E-state index is 14.6. The third kappa shape index (κ3) is 5.45. The van der Waals surface area contributed by atoms with Crippen LogP contribution in [0.5, 0.6) is 0 Å². The molecule has 0 fully saturated rings. The molecule has 0 aliphatic heterocycles. The molecular weight excluding hydrogens is 528 g/mol. The average Bonchev–Trinajstić information content (AvgIpc) is 3.55. The molecule has 5 aromatic rings. The number of carbonyl (C=O) groups is 1. The highest BCUT2D eigenvalue weighted by atomic mass is 32.1. The van der Waals surface area contributed by atoms with Crippen molar-refractivity contribution < 1.29 is 19.0 Å². The largest absolute Gasteiger partial charge is 0.481 e. The second-order valence-corrected chi connectivity index (χ2v) is 11.7. The fourth-order valence-corrected chi connectivity index (χ4v) is 7.63. The minimum atomic E-state index is -1.04. The van der Waals surface area contributed by atoms with Crippen molar-refractivity contribution in [2.75, 3.05) is 12.0 Å². The van der Waals surface area contributed by atoms with E-state index in [0.29, 0.717) is 6.73 Å². The fourth-order valence-electron chi connectivity index (χ4n) is 4.19. The number of halogens is 1. The van der Waals surface area contributed by atoms with Crippen LogP contribution < -0.4 is 5.32 Å². The first-order valence-corrected chi connectivity index (χ1v) is 14.1. The zero-order chi connectivity index (χ0) is 26.1. The Morgan fingerprint density at radius 2 is 1.78 bits per heavy atom. The van der Waals surface area contributed by atoms with E-state index in [2.05, 4.69) is 34.0 Å². The van der Waals surface area contributed by atoms with Gasteiger partial charge in [0.05, 0.1) is 33.7 Å². The molecule has 2 N–H and O–H groups in total. The van der Waals surface area contributed by atoms with Gasteiger partial charge >= 0.3 is 5.97 Å². The number of hydrogen-bond donors (Lipinski definition) is 2. The van der Waals surface area contributed by atoms with Crippen LogP contribution in [0.2, 0.25) is 0 Å². The lowest BCUT2D eigenvalue weighted by atomic mass is 10.0. The number of rotatable bonds is 9. The molecule has 0 saturated heterocycles. The van der Waals surface area contributed by atoms with E-state index in [1.54, 1.807) is 28.7 Å². The maximum Gasteiger partial charge on any atom is 0.307 e. The van der Waals surface area contributed by atoms with Gasteiger partial charge in [-0.3, -0.25) is 4.79 Å². The molecule has 3 heterocycles. The van der Waals surface area contributed by atoms with Gasteiger partial charge in [-0.15, -0.1) is 22.7 Å². The van der Waals surface area contributed by atoms with Gasteiger partial charge in [0.25, 0.3) is 0 Å². The van der Waals surface area contributed by atoms with Gasteiger partial charge in [0, 0.05) is 14.3 Å². The fraction of sp³-hybridized carbons (Fsp3) is 0.214.